The molecule has 0 saturated heterocycles. The molecule has 4 aromatic rings. The average Bonchev–Trinajstić information content (AvgIpc) is 3.09. The molecule has 7 nitrogen and oxygen atoms in total. The van der Waals surface area contributed by atoms with E-state index in [4.69, 9.17) is 4.42 Å². The molecule has 7 heteroatoms. The van der Waals surface area contributed by atoms with Crippen molar-refractivity contribution in [2.24, 2.45) is 0 Å². The third-order valence-electron chi connectivity index (χ3n) is 3.95. The highest BCUT2D eigenvalue weighted by Gasteiger charge is 2.15. The van der Waals surface area contributed by atoms with E-state index in [2.05, 4.69) is 15.8 Å². The summed E-state index contributed by atoms with van der Waals surface area (Å²) in [6.07, 6.45) is 0. The number of rotatable bonds is 2. The summed E-state index contributed by atoms with van der Waals surface area (Å²) < 4.78 is 5.11. The number of carbonyl (C=O) groups is 2. The minimum absolute atomic E-state index is 0.194. The van der Waals surface area contributed by atoms with Crippen LogP contribution in [0.1, 0.15) is 20.8 Å². The van der Waals surface area contributed by atoms with Crippen molar-refractivity contribution < 1.29 is 14.0 Å². The van der Waals surface area contributed by atoms with E-state index in [-0.39, 0.29) is 11.3 Å². The molecule has 128 valence electrons. The Kier molecular flexibility index (Phi) is 3.74. The van der Waals surface area contributed by atoms with Gasteiger partial charge in [0.15, 0.2) is 0 Å². The molecule has 0 atom stereocenters. The molecule has 2 amide bonds. The van der Waals surface area contributed by atoms with Crippen LogP contribution in [0.25, 0.3) is 21.9 Å². The number of aromatic amines is 1. The predicted molar refractivity (Wildman–Crippen MR) is 95.7 cm³/mol. The van der Waals surface area contributed by atoms with Gasteiger partial charge in [-0.2, -0.15) is 0 Å². The Labute approximate surface area is 146 Å². The molecule has 2 aromatic heterocycles. The number of amides is 2. The number of hydrazine groups is 1. The van der Waals surface area contributed by atoms with Gasteiger partial charge in [-0.05, 0) is 24.3 Å². The van der Waals surface area contributed by atoms with E-state index in [0.717, 1.165) is 10.9 Å². The van der Waals surface area contributed by atoms with Crippen LogP contribution in [0.4, 0.5) is 0 Å². The van der Waals surface area contributed by atoms with Gasteiger partial charge in [0.2, 0.25) is 0 Å². The van der Waals surface area contributed by atoms with Crippen molar-refractivity contribution in [2.75, 3.05) is 0 Å². The van der Waals surface area contributed by atoms with E-state index >= 15 is 0 Å². The summed E-state index contributed by atoms with van der Waals surface area (Å²) >= 11 is 0. The van der Waals surface area contributed by atoms with Crippen molar-refractivity contribution in [3.63, 3.8) is 0 Å². The van der Waals surface area contributed by atoms with Crippen molar-refractivity contribution in [3.8, 4) is 0 Å². The predicted octanol–water partition coefficient (Wildman–Crippen LogP) is 2.35. The number of benzene rings is 2. The molecule has 0 unspecified atom stereocenters. The molecule has 26 heavy (non-hydrogen) atoms. The highest BCUT2D eigenvalue weighted by Crippen LogP contribution is 2.14. The van der Waals surface area contributed by atoms with Crippen molar-refractivity contribution >= 4 is 33.7 Å². The van der Waals surface area contributed by atoms with E-state index in [0.29, 0.717) is 11.0 Å². The van der Waals surface area contributed by atoms with Crippen LogP contribution in [0.2, 0.25) is 0 Å². The molecule has 2 heterocycles. The Morgan fingerprint density at radius 3 is 2.35 bits per heavy atom. The lowest BCUT2D eigenvalue weighted by molar-refractivity contribution is 0.0842. The minimum Gasteiger partial charge on any atom is -0.422 e. The van der Waals surface area contributed by atoms with Gasteiger partial charge in [0.25, 0.3) is 11.8 Å². The molecule has 2 aromatic carbocycles. The molecule has 0 saturated carbocycles. The van der Waals surface area contributed by atoms with Gasteiger partial charge in [-0.3, -0.25) is 20.4 Å². The summed E-state index contributed by atoms with van der Waals surface area (Å²) in [4.78, 5) is 39.3. The Balaban J connectivity index is 1.52. The largest absolute Gasteiger partial charge is 0.422 e. The SMILES string of the molecule is O=C(NNC(=O)c1cc2ccccc2oc1=O)c1cc2ccccc2[nH]1. The third-order valence-corrected chi connectivity index (χ3v) is 3.95. The normalized spacial score (nSPS) is 10.8. The monoisotopic (exact) mass is 347 g/mol. The first-order valence-corrected chi connectivity index (χ1v) is 7.83. The Morgan fingerprint density at radius 2 is 1.54 bits per heavy atom. The first kappa shape index (κ1) is 15.6. The van der Waals surface area contributed by atoms with Crippen LogP contribution < -0.4 is 16.5 Å². The lowest BCUT2D eigenvalue weighted by Gasteiger charge is -2.06. The zero-order valence-electron chi connectivity index (χ0n) is 13.4. The summed E-state index contributed by atoms with van der Waals surface area (Å²) in [5.74, 6) is -1.28. The number of H-pyrrole nitrogens is 1. The van der Waals surface area contributed by atoms with Crippen molar-refractivity contribution in [1.29, 1.82) is 0 Å². The maximum Gasteiger partial charge on any atom is 0.349 e. The van der Waals surface area contributed by atoms with E-state index in [9.17, 15) is 14.4 Å². The first-order valence-electron chi connectivity index (χ1n) is 7.83. The number of hydrogen-bond donors (Lipinski definition) is 3. The van der Waals surface area contributed by atoms with Gasteiger partial charge in [-0.1, -0.05) is 36.4 Å². The maximum absolute atomic E-state index is 12.2. The van der Waals surface area contributed by atoms with Crippen molar-refractivity contribution in [1.82, 2.24) is 15.8 Å². The summed E-state index contributed by atoms with van der Waals surface area (Å²) in [6, 6.07) is 17.3. The molecule has 0 aliphatic heterocycles. The summed E-state index contributed by atoms with van der Waals surface area (Å²) in [6.45, 7) is 0. The van der Waals surface area contributed by atoms with Gasteiger partial charge in [0, 0.05) is 16.3 Å². The Morgan fingerprint density at radius 1 is 0.846 bits per heavy atom. The van der Waals surface area contributed by atoms with Crippen LogP contribution in [-0.4, -0.2) is 16.8 Å². The standard InChI is InChI=1S/C19H13N3O4/c23-17(13-9-12-6-2-4-8-16(12)26-19(13)25)21-22-18(24)15-10-11-5-1-3-7-14(11)20-15/h1-10,20H,(H,21,23)(H,22,24). The molecule has 0 aliphatic rings. The van der Waals surface area contributed by atoms with Gasteiger partial charge in [-0.25, -0.2) is 4.79 Å². The lowest BCUT2D eigenvalue weighted by Crippen LogP contribution is -2.43. The van der Waals surface area contributed by atoms with E-state index in [1.807, 2.05) is 24.3 Å². The number of nitrogens with one attached hydrogen (secondary N) is 3. The molecule has 0 aliphatic carbocycles. The molecule has 4 rings (SSSR count). The highest BCUT2D eigenvalue weighted by molar-refractivity contribution is 6.01. The van der Waals surface area contributed by atoms with Crippen LogP contribution in [-0.2, 0) is 0 Å². The zero-order valence-corrected chi connectivity index (χ0v) is 13.4. The first-order chi connectivity index (χ1) is 12.6. The van der Waals surface area contributed by atoms with Crippen LogP contribution in [0.5, 0.6) is 0 Å². The average molecular weight is 347 g/mol. The van der Waals surface area contributed by atoms with Gasteiger partial charge in [0.1, 0.15) is 16.8 Å². The zero-order chi connectivity index (χ0) is 18.1. The second kappa shape index (κ2) is 6.21. The van der Waals surface area contributed by atoms with Gasteiger partial charge < -0.3 is 9.40 Å². The molecule has 0 spiro atoms. The van der Waals surface area contributed by atoms with Crippen LogP contribution in [0.3, 0.4) is 0 Å². The third kappa shape index (κ3) is 2.82. The van der Waals surface area contributed by atoms with Gasteiger partial charge in [0.05, 0.1) is 0 Å². The minimum atomic E-state index is -0.777. The van der Waals surface area contributed by atoms with Gasteiger partial charge >= 0.3 is 5.63 Å². The second-order valence-electron chi connectivity index (χ2n) is 5.66. The lowest BCUT2D eigenvalue weighted by atomic mass is 10.2. The number of para-hydroxylation sites is 2. The topological polar surface area (TPSA) is 104 Å². The van der Waals surface area contributed by atoms with Crippen LogP contribution in [0, 0.1) is 0 Å². The molecule has 3 N–H and O–H groups in total. The van der Waals surface area contributed by atoms with Crippen molar-refractivity contribution in [3.05, 3.63) is 82.3 Å². The van der Waals surface area contributed by atoms with Gasteiger partial charge in [-0.15, -0.1) is 0 Å². The number of fused-ring (bicyclic) bond motifs is 2. The highest BCUT2D eigenvalue weighted by atomic mass is 16.4. The molecule has 0 radical (unpaired) electrons. The Bertz CT molecular complexity index is 1170. The molecular weight excluding hydrogens is 334 g/mol. The van der Waals surface area contributed by atoms with E-state index < -0.39 is 17.4 Å². The number of carbonyl (C=O) groups excluding carboxylic acids is 2. The summed E-state index contributed by atoms with van der Waals surface area (Å²) in [7, 11) is 0. The van der Waals surface area contributed by atoms with Crippen molar-refractivity contribution in [2.45, 2.75) is 0 Å². The number of hydrogen-bond acceptors (Lipinski definition) is 4. The molecule has 0 bridgehead atoms. The fourth-order valence-corrected chi connectivity index (χ4v) is 2.66. The summed E-state index contributed by atoms with van der Waals surface area (Å²) in [5.41, 5.74) is 5.02. The van der Waals surface area contributed by atoms with E-state index in [1.54, 1.807) is 30.3 Å². The molecular formula is C19H13N3O4. The molecule has 0 fully saturated rings. The second-order valence-corrected chi connectivity index (χ2v) is 5.66. The Hall–Kier alpha value is -3.87. The number of aromatic nitrogens is 1. The quantitative estimate of drug-likeness (QED) is 0.382. The van der Waals surface area contributed by atoms with E-state index in [1.165, 1.54) is 6.07 Å². The smallest absolute Gasteiger partial charge is 0.349 e. The fourth-order valence-electron chi connectivity index (χ4n) is 2.66. The fraction of sp³-hybridized carbons (Fsp3) is 0. The summed E-state index contributed by atoms with van der Waals surface area (Å²) in [5, 5.41) is 1.48. The maximum atomic E-state index is 12.2. The van der Waals surface area contributed by atoms with Crippen LogP contribution in [0.15, 0.2) is 69.9 Å². The van der Waals surface area contributed by atoms with Crippen LogP contribution >= 0.6 is 0 Å².